The van der Waals surface area contributed by atoms with Gasteiger partial charge in [0.15, 0.2) is 0 Å². The highest BCUT2D eigenvalue weighted by atomic mass is 16.5. The van der Waals surface area contributed by atoms with Crippen molar-refractivity contribution in [2.75, 3.05) is 6.61 Å². The van der Waals surface area contributed by atoms with Crippen molar-refractivity contribution in [2.24, 2.45) is 17.8 Å². The van der Waals surface area contributed by atoms with Gasteiger partial charge in [0, 0.05) is 6.61 Å². The van der Waals surface area contributed by atoms with E-state index in [4.69, 9.17) is 12.6 Å². The first kappa shape index (κ1) is 15.9. The van der Waals surface area contributed by atoms with Gasteiger partial charge in [0.25, 0.3) is 0 Å². The molecule has 0 unspecified atom stereocenters. The third-order valence-corrected chi connectivity index (χ3v) is 6.49. The molecule has 3 rings (SSSR count). The van der Waals surface area contributed by atoms with Gasteiger partial charge >= 0.3 is 0 Å². The summed E-state index contributed by atoms with van der Waals surface area (Å²) in [4.78, 5) is 0. The Hall–Kier alpha value is 0.0249. The fourth-order valence-electron chi connectivity index (χ4n) is 4.95. The number of rotatable bonds is 4. The van der Waals surface area contributed by atoms with Crippen LogP contribution in [0.1, 0.15) is 83.5 Å². The van der Waals surface area contributed by atoms with E-state index in [2.05, 4.69) is 0 Å². The molecule has 0 heterocycles. The number of ether oxygens (including phenoxy) is 1. The summed E-state index contributed by atoms with van der Waals surface area (Å²) in [7, 11) is 6.04. The van der Waals surface area contributed by atoms with Gasteiger partial charge in [-0.25, -0.2) is 0 Å². The molecular formula is C19H33BO. The quantitative estimate of drug-likeness (QED) is 0.639. The molecule has 2 heteroatoms. The van der Waals surface area contributed by atoms with Gasteiger partial charge in [0.1, 0.15) is 0 Å². The standard InChI is InChI=1S/C19H33BO/c20-18-12-10-17(11-13-18)16-8-6-15(7-9-16)14-21-19-4-2-1-3-5-19/h15-19H,1-14H2. The molecule has 0 amide bonds. The molecule has 2 radical (unpaired) electrons. The van der Waals surface area contributed by atoms with Crippen LogP contribution in [0.4, 0.5) is 0 Å². The van der Waals surface area contributed by atoms with Crippen LogP contribution in [0.2, 0.25) is 5.82 Å². The van der Waals surface area contributed by atoms with Crippen molar-refractivity contribution in [3.05, 3.63) is 0 Å². The Morgan fingerprint density at radius 1 is 0.667 bits per heavy atom. The predicted octanol–water partition coefficient (Wildman–Crippen LogP) is 5.29. The van der Waals surface area contributed by atoms with E-state index in [-0.39, 0.29) is 0 Å². The van der Waals surface area contributed by atoms with Crippen molar-refractivity contribution in [3.8, 4) is 0 Å². The van der Waals surface area contributed by atoms with Gasteiger partial charge in [-0.2, -0.15) is 0 Å². The third-order valence-electron chi connectivity index (χ3n) is 6.49. The third kappa shape index (κ3) is 4.75. The number of hydrogen-bond acceptors (Lipinski definition) is 1. The van der Waals surface area contributed by atoms with Crippen LogP contribution in [0.3, 0.4) is 0 Å². The van der Waals surface area contributed by atoms with Gasteiger partial charge in [-0.1, -0.05) is 50.8 Å². The minimum absolute atomic E-state index is 0.501. The summed E-state index contributed by atoms with van der Waals surface area (Å²) in [5, 5.41) is 0. The van der Waals surface area contributed by atoms with Crippen LogP contribution in [-0.4, -0.2) is 20.6 Å². The number of hydrogen-bond donors (Lipinski definition) is 0. The summed E-state index contributed by atoms with van der Waals surface area (Å²) in [6.07, 6.45) is 18.5. The fraction of sp³-hybridized carbons (Fsp3) is 1.00. The Balaban J connectivity index is 1.33. The Morgan fingerprint density at radius 3 is 1.86 bits per heavy atom. The zero-order valence-electron chi connectivity index (χ0n) is 13.8. The summed E-state index contributed by atoms with van der Waals surface area (Å²) >= 11 is 0. The van der Waals surface area contributed by atoms with Gasteiger partial charge in [0.05, 0.1) is 14.0 Å². The van der Waals surface area contributed by atoms with Crippen LogP contribution in [0.25, 0.3) is 0 Å². The van der Waals surface area contributed by atoms with Gasteiger partial charge < -0.3 is 4.74 Å². The molecule has 0 aromatic carbocycles. The van der Waals surface area contributed by atoms with E-state index in [1.807, 2.05) is 0 Å². The molecule has 21 heavy (non-hydrogen) atoms. The molecule has 0 N–H and O–H groups in total. The molecular weight excluding hydrogens is 255 g/mol. The van der Waals surface area contributed by atoms with Crippen molar-refractivity contribution in [1.29, 1.82) is 0 Å². The molecule has 3 saturated carbocycles. The summed E-state index contributed by atoms with van der Waals surface area (Å²) in [6.45, 7) is 1.05. The van der Waals surface area contributed by atoms with Crippen molar-refractivity contribution in [3.63, 3.8) is 0 Å². The Bertz CT molecular complexity index is 284. The maximum atomic E-state index is 6.20. The summed E-state index contributed by atoms with van der Waals surface area (Å²) < 4.78 is 6.20. The van der Waals surface area contributed by atoms with Crippen molar-refractivity contribution < 1.29 is 4.74 Å². The van der Waals surface area contributed by atoms with Crippen LogP contribution in [0.5, 0.6) is 0 Å². The minimum atomic E-state index is 0.501. The summed E-state index contributed by atoms with van der Waals surface area (Å²) in [5.41, 5.74) is 0. The van der Waals surface area contributed by atoms with Crippen LogP contribution >= 0.6 is 0 Å². The Labute approximate surface area is 133 Å². The molecule has 3 aliphatic rings. The molecule has 0 aromatic rings. The van der Waals surface area contributed by atoms with Crippen molar-refractivity contribution >= 4 is 7.85 Å². The zero-order chi connectivity index (χ0) is 14.5. The van der Waals surface area contributed by atoms with E-state index < -0.39 is 0 Å². The van der Waals surface area contributed by atoms with E-state index in [0.29, 0.717) is 11.9 Å². The van der Waals surface area contributed by atoms with Crippen molar-refractivity contribution in [1.82, 2.24) is 0 Å². The molecule has 0 bridgehead atoms. The maximum absolute atomic E-state index is 6.20. The lowest BCUT2D eigenvalue weighted by atomic mass is 9.65. The highest BCUT2D eigenvalue weighted by Gasteiger charge is 2.30. The minimum Gasteiger partial charge on any atom is -0.378 e. The molecule has 3 fully saturated rings. The normalized spacial score (nSPS) is 39.2. The molecule has 0 spiro atoms. The highest BCUT2D eigenvalue weighted by molar-refractivity contribution is 6.11. The molecule has 118 valence electrons. The molecule has 0 atom stereocenters. The van der Waals surface area contributed by atoms with E-state index in [1.165, 1.54) is 83.5 Å². The monoisotopic (exact) mass is 288 g/mol. The molecule has 1 nitrogen and oxygen atoms in total. The second-order valence-corrected chi connectivity index (χ2v) is 8.05. The van der Waals surface area contributed by atoms with E-state index in [1.54, 1.807) is 0 Å². The Kier molecular flexibility index (Phi) is 6.09. The predicted molar refractivity (Wildman–Crippen MR) is 89.7 cm³/mol. The summed E-state index contributed by atoms with van der Waals surface area (Å²) in [6, 6.07) is 0. The second-order valence-electron chi connectivity index (χ2n) is 8.05. The first-order chi connectivity index (χ1) is 10.3. The fourth-order valence-corrected chi connectivity index (χ4v) is 4.95. The largest absolute Gasteiger partial charge is 0.378 e. The lowest BCUT2D eigenvalue weighted by Crippen LogP contribution is -2.27. The SMILES string of the molecule is [B]C1CCC(C2CCC(COC3CCCCC3)CC2)CC1. The highest BCUT2D eigenvalue weighted by Crippen LogP contribution is 2.42. The van der Waals surface area contributed by atoms with Gasteiger partial charge in [-0.3, -0.25) is 0 Å². The van der Waals surface area contributed by atoms with Crippen LogP contribution < -0.4 is 0 Å². The lowest BCUT2D eigenvalue weighted by molar-refractivity contribution is -0.00469. The lowest BCUT2D eigenvalue weighted by Gasteiger charge is -2.37. The summed E-state index contributed by atoms with van der Waals surface area (Å²) in [5.74, 6) is 3.35. The van der Waals surface area contributed by atoms with Gasteiger partial charge in [0.2, 0.25) is 0 Å². The van der Waals surface area contributed by atoms with Gasteiger partial charge in [-0.15, -0.1) is 0 Å². The maximum Gasteiger partial charge on any atom is 0.0699 e. The van der Waals surface area contributed by atoms with Crippen LogP contribution in [-0.2, 0) is 4.74 Å². The van der Waals surface area contributed by atoms with E-state index >= 15 is 0 Å². The first-order valence-electron chi connectivity index (χ1n) is 9.68. The molecule has 0 saturated heterocycles. The topological polar surface area (TPSA) is 9.23 Å². The zero-order valence-corrected chi connectivity index (χ0v) is 13.8. The molecule has 0 aliphatic heterocycles. The van der Waals surface area contributed by atoms with E-state index in [9.17, 15) is 0 Å². The smallest absolute Gasteiger partial charge is 0.0699 e. The van der Waals surface area contributed by atoms with E-state index in [0.717, 1.165) is 24.4 Å². The molecule has 0 aromatic heterocycles. The molecule has 3 aliphatic carbocycles. The average molecular weight is 288 g/mol. The Morgan fingerprint density at radius 2 is 1.24 bits per heavy atom. The second kappa shape index (κ2) is 8.04. The van der Waals surface area contributed by atoms with Crippen LogP contribution in [0, 0.1) is 17.8 Å². The van der Waals surface area contributed by atoms with Crippen LogP contribution in [0.15, 0.2) is 0 Å². The average Bonchev–Trinajstić information content (AvgIpc) is 2.55. The van der Waals surface area contributed by atoms with Crippen molar-refractivity contribution in [2.45, 2.75) is 95.4 Å². The first-order valence-corrected chi connectivity index (χ1v) is 9.68. The van der Waals surface area contributed by atoms with Gasteiger partial charge in [-0.05, 0) is 56.3 Å².